The van der Waals surface area contributed by atoms with Crippen LogP contribution in [-0.4, -0.2) is 96.7 Å². The normalized spacial score (nSPS) is 14.2. The van der Waals surface area contributed by atoms with Gasteiger partial charge in [0.15, 0.2) is 12.2 Å². The molecule has 0 spiro atoms. The van der Waals surface area contributed by atoms with Gasteiger partial charge in [0, 0.05) is 25.7 Å². The van der Waals surface area contributed by atoms with Crippen molar-refractivity contribution in [2.75, 3.05) is 39.6 Å². The van der Waals surface area contributed by atoms with E-state index in [1.165, 1.54) is 167 Å². The molecule has 0 aromatic carbocycles. The molecule has 0 aromatic rings. The Morgan fingerprint density at radius 2 is 0.457 bits per heavy atom. The molecular weight excluding hydrogens is 1210 g/mol. The van der Waals surface area contributed by atoms with Gasteiger partial charge in [-0.3, -0.25) is 37.3 Å². The number of carbonyl (C=O) groups is 4. The summed E-state index contributed by atoms with van der Waals surface area (Å²) in [6.07, 6.45) is 46.0. The quantitative estimate of drug-likeness (QED) is 0.0222. The summed E-state index contributed by atoms with van der Waals surface area (Å²) in [5.41, 5.74) is 0. The molecule has 0 aliphatic heterocycles. The third-order valence-electron chi connectivity index (χ3n) is 16.8. The molecule has 0 bridgehead atoms. The van der Waals surface area contributed by atoms with Crippen molar-refractivity contribution in [3.8, 4) is 0 Å². The van der Waals surface area contributed by atoms with Crippen molar-refractivity contribution in [1.82, 2.24) is 0 Å². The number of aliphatic hydroxyl groups is 1. The van der Waals surface area contributed by atoms with E-state index in [1.807, 2.05) is 0 Å². The molecule has 19 heteroatoms. The number of hydrogen-bond donors (Lipinski definition) is 3. The Balaban J connectivity index is 5.23. The number of carbonyl (C=O) groups excluding carboxylic acids is 4. The fourth-order valence-electron chi connectivity index (χ4n) is 11.0. The molecule has 0 amide bonds. The van der Waals surface area contributed by atoms with Gasteiger partial charge >= 0.3 is 39.5 Å². The fourth-order valence-corrected chi connectivity index (χ4v) is 12.6. The Kier molecular flexibility index (Phi) is 61.3. The molecule has 5 atom stereocenters. The maximum Gasteiger partial charge on any atom is 0.472 e. The standard InChI is InChI=1S/C73H142O17P2/c1-63(2)49-41-33-25-19-15-11-9-10-12-18-22-30-39-47-55-72(77)89-68(59-83-70(75)53-45-37-28-21-17-14-13-16-20-26-34-42-50-64(3)4)61-87-91(79,80)85-57-67(74)58-86-92(81,82)88-62-69(90-73(78)56-48-40-32-31-36-44-52-66(7)8)60-84-71(76)54-46-38-29-24-23-27-35-43-51-65(5)6/h63-69,74H,9-62H2,1-8H3,(H,79,80)(H,81,82)/t67?,68-,69-/m1/s1. The molecule has 0 aromatic heterocycles. The van der Waals surface area contributed by atoms with Gasteiger partial charge in [0.05, 0.1) is 26.4 Å². The van der Waals surface area contributed by atoms with E-state index in [1.54, 1.807) is 0 Å². The van der Waals surface area contributed by atoms with Crippen LogP contribution < -0.4 is 0 Å². The summed E-state index contributed by atoms with van der Waals surface area (Å²) < 4.78 is 68.4. The second kappa shape index (κ2) is 62.6. The van der Waals surface area contributed by atoms with Crippen molar-refractivity contribution in [2.45, 2.75) is 382 Å². The lowest BCUT2D eigenvalue weighted by molar-refractivity contribution is -0.161. The Labute approximate surface area is 562 Å². The molecule has 17 nitrogen and oxygen atoms in total. The minimum absolute atomic E-state index is 0.101. The Morgan fingerprint density at radius 1 is 0.272 bits per heavy atom. The highest BCUT2D eigenvalue weighted by Crippen LogP contribution is 2.45. The summed E-state index contributed by atoms with van der Waals surface area (Å²) in [4.78, 5) is 72.6. The molecule has 0 saturated carbocycles. The highest BCUT2D eigenvalue weighted by Gasteiger charge is 2.30. The summed E-state index contributed by atoms with van der Waals surface area (Å²) in [7, 11) is -9.91. The van der Waals surface area contributed by atoms with Crippen LogP contribution in [0, 0.1) is 23.7 Å². The molecule has 0 rings (SSSR count). The SMILES string of the molecule is CC(C)CCCCCCCCCCCCCCCCC(=O)O[C@H](COC(=O)CCCCCCCCCCCCCCC(C)C)COP(=O)(O)OCC(O)COP(=O)(O)OC[C@@H](COC(=O)CCCCCCCCCCC(C)C)OC(=O)CCCCCCCCC(C)C. The average Bonchev–Trinajstić information content (AvgIpc) is 1.73. The number of unbranched alkanes of at least 4 members (excludes halogenated alkanes) is 36. The second-order valence-electron chi connectivity index (χ2n) is 28.2. The predicted octanol–water partition coefficient (Wildman–Crippen LogP) is 20.9. The lowest BCUT2D eigenvalue weighted by atomic mass is 10.0. The van der Waals surface area contributed by atoms with E-state index in [-0.39, 0.29) is 25.7 Å². The average molecular weight is 1350 g/mol. The first kappa shape index (κ1) is 90.1. The summed E-state index contributed by atoms with van der Waals surface area (Å²) in [5, 5.41) is 10.6. The van der Waals surface area contributed by atoms with Crippen LogP contribution >= 0.6 is 15.6 Å². The highest BCUT2D eigenvalue weighted by atomic mass is 31.2. The van der Waals surface area contributed by atoms with E-state index in [0.717, 1.165) is 108 Å². The lowest BCUT2D eigenvalue weighted by Crippen LogP contribution is -2.30. The zero-order chi connectivity index (χ0) is 68.2. The van der Waals surface area contributed by atoms with Crippen LogP contribution in [0.5, 0.6) is 0 Å². The van der Waals surface area contributed by atoms with Gasteiger partial charge in [-0.15, -0.1) is 0 Å². The minimum Gasteiger partial charge on any atom is -0.462 e. The van der Waals surface area contributed by atoms with Crippen LogP contribution in [0.4, 0.5) is 0 Å². The van der Waals surface area contributed by atoms with Gasteiger partial charge in [-0.25, -0.2) is 9.13 Å². The van der Waals surface area contributed by atoms with Gasteiger partial charge in [0.2, 0.25) is 0 Å². The second-order valence-corrected chi connectivity index (χ2v) is 31.1. The van der Waals surface area contributed by atoms with Crippen LogP contribution in [0.15, 0.2) is 0 Å². The van der Waals surface area contributed by atoms with E-state index in [0.29, 0.717) is 31.6 Å². The fraction of sp³-hybridized carbons (Fsp3) is 0.945. The summed E-state index contributed by atoms with van der Waals surface area (Å²) in [6.45, 7) is 14.1. The minimum atomic E-state index is -4.96. The van der Waals surface area contributed by atoms with Crippen molar-refractivity contribution in [1.29, 1.82) is 0 Å². The molecule has 546 valence electrons. The lowest BCUT2D eigenvalue weighted by Gasteiger charge is -2.21. The van der Waals surface area contributed by atoms with Crippen LogP contribution in [0.3, 0.4) is 0 Å². The predicted molar refractivity (Wildman–Crippen MR) is 372 cm³/mol. The third kappa shape index (κ3) is 66.7. The maximum absolute atomic E-state index is 13.1. The summed E-state index contributed by atoms with van der Waals surface area (Å²) >= 11 is 0. The number of phosphoric acid groups is 2. The van der Waals surface area contributed by atoms with E-state index < -0.39 is 97.5 Å². The molecule has 0 radical (unpaired) electrons. The van der Waals surface area contributed by atoms with Crippen LogP contribution in [0.2, 0.25) is 0 Å². The molecule has 3 N–H and O–H groups in total. The molecule has 3 unspecified atom stereocenters. The van der Waals surface area contributed by atoms with Gasteiger partial charge in [-0.1, -0.05) is 312 Å². The van der Waals surface area contributed by atoms with Crippen LogP contribution in [0.25, 0.3) is 0 Å². The first-order valence-corrected chi connectivity index (χ1v) is 40.7. The topological polar surface area (TPSA) is 237 Å². The van der Waals surface area contributed by atoms with Gasteiger partial charge in [0.25, 0.3) is 0 Å². The Hall–Kier alpha value is -1.94. The summed E-state index contributed by atoms with van der Waals surface area (Å²) in [5.74, 6) is 0.843. The van der Waals surface area contributed by atoms with Gasteiger partial charge < -0.3 is 33.8 Å². The Bertz CT molecular complexity index is 1820. The van der Waals surface area contributed by atoms with E-state index >= 15 is 0 Å². The van der Waals surface area contributed by atoms with Crippen LogP contribution in [0.1, 0.15) is 364 Å². The van der Waals surface area contributed by atoms with Crippen molar-refractivity contribution >= 4 is 39.5 Å². The molecule has 0 heterocycles. The molecule has 0 fully saturated rings. The molecular formula is C73H142O17P2. The maximum atomic E-state index is 13.1. The molecule has 92 heavy (non-hydrogen) atoms. The molecule has 0 aliphatic carbocycles. The number of hydrogen-bond acceptors (Lipinski definition) is 15. The summed E-state index contributed by atoms with van der Waals surface area (Å²) in [6, 6.07) is 0. The molecule has 0 saturated heterocycles. The number of aliphatic hydroxyl groups excluding tert-OH is 1. The smallest absolute Gasteiger partial charge is 0.462 e. The zero-order valence-electron chi connectivity index (χ0n) is 60.2. The van der Waals surface area contributed by atoms with Gasteiger partial charge in [0.1, 0.15) is 19.3 Å². The van der Waals surface area contributed by atoms with E-state index in [4.69, 9.17) is 37.0 Å². The first-order chi connectivity index (χ1) is 44.1. The monoisotopic (exact) mass is 1350 g/mol. The van der Waals surface area contributed by atoms with Gasteiger partial charge in [-0.2, -0.15) is 0 Å². The van der Waals surface area contributed by atoms with Crippen LogP contribution in [-0.2, 0) is 65.4 Å². The number of esters is 4. The Morgan fingerprint density at radius 3 is 0.674 bits per heavy atom. The first-order valence-electron chi connectivity index (χ1n) is 37.7. The number of ether oxygens (including phenoxy) is 4. The van der Waals surface area contributed by atoms with Crippen molar-refractivity contribution in [2.24, 2.45) is 23.7 Å². The molecule has 0 aliphatic rings. The third-order valence-corrected chi connectivity index (χ3v) is 18.7. The van der Waals surface area contributed by atoms with E-state index in [2.05, 4.69) is 55.4 Å². The number of rotatable bonds is 70. The number of phosphoric ester groups is 2. The largest absolute Gasteiger partial charge is 0.472 e. The van der Waals surface area contributed by atoms with Crippen molar-refractivity contribution < 1.29 is 80.2 Å². The van der Waals surface area contributed by atoms with E-state index in [9.17, 15) is 43.2 Å². The van der Waals surface area contributed by atoms with Crippen molar-refractivity contribution in [3.63, 3.8) is 0 Å². The highest BCUT2D eigenvalue weighted by molar-refractivity contribution is 7.47. The van der Waals surface area contributed by atoms with Gasteiger partial charge in [-0.05, 0) is 49.4 Å². The zero-order valence-corrected chi connectivity index (χ0v) is 62.0. The van der Waals surface area contributed by atoms with Crippen molar-refractivity contribution in [3.05, 3.63) is 0 Å².